The third kappa shape index (κ3) is 4.13. The van der Waals surface area contributed by atoms with E-state index in [4.69, 9.17) is 4.74 Å². The normalized spacial score (nSPS) is 19.7. The van der Waals surface area contributed by atoms with E-state index in [0.29, 0.717) is 17.9 Å². The maximum Gasteiger partial charge on any atom is 0.230 e. The van der Waals surface area contributed by atoms with E-state index >= 15 is 0 Å². The van der Waals surface area contributed by atoms with Gasteiger partial charge < -0.3 is 4.74 Å². The van der Waals surface area contributed by atoms with Crippen molar-refractivity contribution in [1.29, 1.82) is 0 Å². The number of nitrogens with zero attached hydrogens (tertiary/aromatic N) is 2. The van der Waals surface area contributed by atoms with Crippen molar-refractivity contribution in [3.63, 3.8) is 0 Å². The van der Waals surface area contributed by atoms with E-state index in [0.717, 1.165) is 11.8 Å². The molecule has 1 atom stereocenters. The standard InChI is InChI=1S/C15H19N3O5S2/c1-23-13-5-3-11(4-6-13)14-9-15(17-24(2,19)20)18(16-14)12-7-8-25(21,22)10-12/h3-6,9,12,17H,7-8,10H2,1-2H3/t12-/m1/s1. The number of aromatic nitrogens is 2. The Hall–Kier alpha value is -2.07. The van der Waals surface area contributed by atoms with E-state index in [9.17, 15) is 16.8 Å². The second kappa shape index (κ2) is 6.34. The first kappa shape index (κ1) is 17.7. The summed E-state index contributed by atoms with van der Waals surface area (Å²) in [5, 5.41) is 4.45. The third-order valence-corrected chi connectivity index (χ3v) is 6.30. The first-order valence-electron chi connectivity index (χ1n) is 7.59. The molecule has 1 saturated heterocycles. The Balaban J connectivity index is 2.01. The van der Waals surface area contributed by atoms with Crippen LogP contribution in [0, 0.1) is 0 Å². The van der Waals surface area contributed by atoms with Crippen molar-refractivity contribution in [3.05, 3.63) is 30.3 Å². The predicted molar refractivity (Wildman–Crippen MR) is 95.0 cm³/mol. The molecular weight excluding hydrogens is 366 g/mol. The summed E-state index contributed by atoms with van der Waals surface area (Å²) in [4.78, 5) is 0. The van der Waals surface area contributed by atoms with Crippen molar-refractivity contribution in [1.82, 2.24) is 9.78 Å². The van der Waals surface area contributed by atoms with E-state index in [1.54, 1.807) is 37.4 Å². The quantitative estimate of drug-likeness (QED) is 0.831. The SMILES string of the molecule is COc1ccc(-c2cc(NS(C)(=O)=O)n([C@@H]3CCS(=O)(=O)C3)n2)cc1. The van der Waals surface area contributed by atoms with E-state index in [-0.39, 0.29) is 23.4 Å². The number of hydrogen-bond donors (Lipinski definition) is 1. The predicted octanol–water partition coefficient (Wildman–Crippen LogP) is 1.29. The molecule has 1 fully saturated rings. The number of nitrogens with one attached hydrogen (secondary N) is 1. The van der Waals surface area contributed by atoms with Crippen LogP contribution >= 0.6 is 0 Å². The molecule has 0 radical (unpaired) electrons. The second-order valence-electron chi connectivity index (χ2n) is 6.02. The fourth-order valence-electron chi connectivity index (χ4n) is 2.81. The molecule has 1 aromatic carbocycles. The molecule has 10 heteroatoms. The Morgan fingerprint density at radius 2 is 1.96 bits per heavy atom. The molecule has 2 aromatic rings. The average molecular weight is 385 g/mol. The summed E-state index contributed by atoms with van der Waals surface area (Å²) in [5.74, 6) is 0.984. The number of methoxy groups -OCH3 is 1. The van der Waals surface area contributed by atoms with Gasteiger partial charge in [-0.3, -0.25) is 4.72 Å². The van der Waals surface area contributed by atoms with Crippen LogP contribution in [-0.4, -0.2) is 51.5 Å². The van der Waals surface area contributed by atoms with Crippen LogP contribution in [0.25, 0.3) is 11.3 Å². The van der Waals surface area contributed by atoms with Gasteiger partial charge in [0.05, 0.1) is 36.6 Å². The van der Waals surface area contributed by atoms with Crippen molar-refractivity contribution < 1.29 is 21.6 Å². The Morgan fingerprint density at radius 1 is 1.28 bits per heavy atom. The minimum atomic E-state index is -3.52. The molecule has 0 bridgehead atoms. The summed E-state index contributed by atoms with van der Waals surface area (Å²) in [6.07, 6.45) is 1.45. The highest BCUT2D eigenvalue weighted by atomic mass is 32.2. The van der Waals surface area contributed by atoms with Crippen molar-refractivity contribution in [3.8, 4) is 17.0 Å². The molecule has 0 aliphatic carbocycles. The summed E-state index contributed by atoms with van der Waals surface area (Å²) in [5.41, 5.74) is 1.33. The molecule has 25 heavy (non-hydrogen) atoms. The zero-order valence-corrected chi connectivity index (χ0v) is 15.5. The molecule has 136 valence electrons. The lowest BCUT2D eigenvalue weighted by molar-refractivity contribution is 0.415. The van der Waals surface area contributed by atoms with E-state index in [1.165, 1.54) is 4.68 Å². The second-order valence-corrected chi connectivity index (χ2v) is 10.00. The Bertz CT molecular complexity index is 979. The molecule has 0 saturated carbocycles. The number of ether oxygens (including phenoxy) is 1. The zero-order chi connectivity index (χ0) is 18.2. The van der Waals surface area contributed by atoms with Crippen molar-refractivity contribution in [2.45, 2.75) is 12.5 Å². The number of rotatable bonds is 5. The molecule has 1 aliphatic rings. The van der Waals surface area contributed by atoms with Crippen molar-refractivity contribution in [2.24, 2.45) is 0 Å². The summed E-state index contributed by atoms with van der Waals surface area (Å²) in [6.45, 7) is 0. The molecule has 0 amide bonds. The minimum Gasteiger partial charge on any atom is -0.497 e. The van der Waals surface area contributed by atoms with Gasteiger partial charge in [0.1, 0.15) is 11.6 Å². The van der Waals surface area contributed by atoms with Crippen LogP contribution < -0.4 is 9.46 Å². The number of anilines is 1. The van der Waals surface area contributed by atoms with E-state index in [1.807, 2.05) is 0 Å². The smallest absolute Gasteiger partial charge is 0.230 e. The van der Waals surface area contributed by atoms with Crippen LogP contribution in [0.4, 0.5) is 5.82 Å². The van der Waals surface area contributed by atoms with Crippen LogP contribution in [0.5, 0.6) is 5.75 Å². The van der Waals surface area contributed by atoms with Gasteiger partial charge in [-0.25, -0.2) is 21.5 Å². The van der Waals surface area contributed by atoms with Gasteiger partial charge in [-0.1, -0.05) is 0 Å². The fraction of sp³-hybridized carbons (Fsp3) is 0.400. The van der Waals surface area contributed by atoms with Gasteiger partial charge in [-0.05, 0) is 30.7 Å². The molecule has 0 unspecified atom stereocenters. The lowest BCUT2D eigenvalue weighted by Gasteiger charge is -2.13. The summed E-state index contributed by atoms with van der Waals surface area (Å²) < 4.78 is 55.8. The first-order valence-corrected chi connectivity index (χ1v) is 11.3. The number of sulfone groups is 1. The summed E-state index contributed by atoms with van der Waals surface area (Å²) >= 11 is 0. The Labute approximate surface area is 146 Å². The largest absolute Gasteiger partial charge is 0.497 e. The van der Waals surface area contributed by atoms with Gasteiger partial charge in [-0.15, -0.1) is 0 Å². The number of benzene rings is 1. The maximum absolute atomic E-state index is 11.8. The minimum absolute atomic E-state index is 0.0465. The van der Waals surface area contributed by atoms with Crippen molar-refractivity contribution in [2.75, 3.05) is 29.6 Å². The van der Waals surface area contributed by atoms with Crippen LogP contribution in [0.2, 0.25) is 0 Å². The topological polar surface area (TPSA) is 107 Å². The zero-order valence-electron chi connectivity index (χ0n) is 13.8. The molecule has 3 rings (SSSR count). The third-order valence-electron chi connectivity index (χ3n) is 3.97. The summed E-state index contributed by atoms with van der Waals surface area (Å²) in [6, 6.07) is 8.38. The monoisotopic (exact) mass is 385 g/mol. The molecule has 2 heterocycles. The highest BCUT2D eigenvalue weighted by Gasteiger charge is 2.32. The molecule has 1 aliphatic heterocycles. The highest BCUT2D eigenvalue weighted by molar-refractivity contribution is 7.92. The Kier molecular flexibility index (Phi) is 4.50. The molecule has 0 spiro atoms. The average Bonchev–Trinajstić information content (AvgIpc) is 3.09. The van der Waals surface area contributed by atoms with E-state index in [2.05, 4.69) is 9.82 Å². The van der Waals surface area contributed by atoms with E-state index < -0.39 is 19.9 Å². The van der Waals surface area contributed by atoms with Gasteiger partial charge in [0.25, 0.3) is 0 Å². The number of hydrogen-bond acceptors (Lipinski definition) is 6. The Morgan fingerprint density at radius 3 is 2.48 bits per heavy atom. The molecular formula is C15H19N3O5S2. The molecule has 1 aromatic heterocycles. The first-order chi connectivity index (χ1) is 11.7. The summed E-state index contributed by atoms with van der Waals surface area (Å²) in [7, 11) is -5.07. The van der Waals surface area contributed by atoms with Crippen LogP contribution in [-0.2, 0) is 19.9 Å². The molecule has 1 N–H and O–H groups in total. The van der Waals surface area contributed by atoms with Crippen molar-refractivity contribution >= 4 is 25.7 Å². The van der Waals surface area contributed by atoms with Gasteiger partial charge >= 0.3 is 0 Å². The lowest BCUT2D eigenvalue weighted by atomic mass is 10.1. The van der Waals surface area contributed by atoms with Gasteiger partial charge in [-0.2, -0.15) is 5.10 Å². The van der Waals surface area contributed by atoms with Crippen LogP contribution in [0.1, 0.15) is 12.5 Å². The fourth-order valence-corrected chi connectivity index (χ4v) is 5.03. The maximum atomic E-state index is 11.8. The molecule has 8 nitrogen and oxygen atoms in total. The van der Waals surface area contributed by atoms with Crippen LogP contribution in [0.3, 0.4) is 0 Å². The van der Waals surface area contributed by atoms with Crippen LogP contribution in [0.15, 0.2) is 30.3 Å². The lowest BCUT2D eigenvalue weighted by Crippen LogP contribution is -2.18. The van der Waals surface area contributed by atoms with Gasteiger partial charge in [0.2, 0.25) is 10.0 Å². The highest BCUT2D eigenvalue weighted by Crippen LogP contribution is 2.31. The number of sulfonamides is 1. The van der Waals surface area contributed by atoms with Gasteiger partial charge in [0.15, 0.2) is 9.84 Å². The van der Waals surface area contributed by atoms with Gasteiger partial charge in [0, 0.05) is 11.6 Å².